The van der Waals surface area contributed by atoms with E-state index < -0.39 is 0 Å². The van der Waals surface area contributed by atoms with Gasteiger partial charge in [0, 0.05) is 0 Å². The molecule has 172 valence electrons. The van der Waals surface area contributed by atoms with Gasteiger partial charge in [0.05, 0.1) is 0 Å². The standard InChI is InChI=1S/C31H48/c1(2-4-6-8-10-12-14-18-24-30-26-20-16-21-27-30)3-5-7-9-11-13-15-19-25-31-28-22-17-23-29-31/h16-17,20-23,26-29H,1-15,18-19,24-25H2. The molecule has 0 heteroatoms. The SMILES string of the molecule is c1ccc(CCCCCCCCCCCCCCCCCCCc2ccccc2)cc1. The van der Waals surface area contributed by atoms with Crippen LogP contribution in [-0.2, 0) is 12.8 Å². The van der Waals surface area contributed by atoms with Crippen molar-refractivity contribution in [3.05, 3.63) is 71.8 Å². The monoisotopic (exact) mass is 420 g/mol. The van der Waals surface area contributed by atoms with Crippen molar-refractivity contribution in [3.8, 4) is 0 Å². The summed E-state index contributed by atoms with van der Waals surface area (Å²) in [7, 11) is 0. The molecule has 0 saturated heterocycles. The number of benzene rings is 2. The van der Waals surface area contributed by atoms with Gasteiger partial charge in [-0.1, -0.05) is 157 Å². The molecule has 0 spiro atoms. The largest absolute Gasteiger partial charge is 0.0622 e. The van der Waals surface area contributed by atoms with E-state index in [1.54, 1.807) is 0 Å². The van der Waals surface area contributed by atoms with E-state index >= 15 is 0 Å². The first kappa shape index (κ1) is 25.7. The van der Waals surface area contributed by atoms with E-state index in [4.69, 9.17) is 0 Å². The molecule has 0 fully saturated rings. The molecule has 2 aromatic rings. The Morgan fingerprint density at radius 1 is 0.258 bits per heavy atom. The van der Waals surface area contributed by atoms with Crippen LogP contribution in [0.3, 0.4) is 0 Å². The molecule has 0 saturated carbocycles. The summed E-state index contributed by atoms with van der Waals surface area (Å²) in [6.45, 7) is 0. The zero-order chi connectivity index (χ0) is 21.7. The maximum Gasteiger partial charge on any atom is -0.0279 e. The van der Waals surface area contributed by atoms with Crippen LogP contribution in [0.25, 0.3) is 0 Å². The lowest BCUT2D eigenvalue weighted by atomic mass is 10.0. The molecule has 0 aliphatic carbocycles. The number of rotatable bonds is 20. The van der Waals surface area contributed by atoms with Crippen LogP contribution in [0.5, 0.6) is 0 Å². The molecule has 0 unspecified atom stereocenters. The molecule has 0 N–H and O–H groups in total. The van der Waals surface area contributed by atoms with Crippen LogP contribution in [0.2, 0.25) is 0 Å². The summed E-state index contributed by atoms with van der Waals surface area (Å²) in [5.74, 6) is 0. The van der Waals surface area contributed by atoms with Crippen molar-refractivity contribution >= 4 is 0 Å². The third kappa shape index (κ3) is 15.0. The van der Waals surface area contributed by atoms with E-state index in [-0.39, 0.29) is 0 Å². The Bertz CT molecular complexity index is 545. The lowest BCUT2D eigenvalue weighted by Crippen LogP contribution is -1.86. The second-order valence-corrected chi connectivity index (χ2v) is 9.48. The van der Waals surface area contributed by atoms with E-state index in [0.717, 1.165) is 0 Å². The lowest BCUT2D eigenvalue weighted by molar-refractivity contribution is 0.525. The Balaban J connectivity index is 1.22. The predicted molar refractivity (Wildman–Crippen MR) is 139 cm³/mol. The van der Waals surface area contributed by atoms with Crippen molar-refractivity contribution in [2.24, 2.45) is 0 Å². The smallest absolute Gasteiger partial charge is 0.0279 e. The summed E-state index contributed by atoms with van der Waals surface area (Å²) in [5.41, 5.74) is 3.00. The first-order chi connectivity index (χ1) is 15.4. The molecule has 0 aliphatic heterocycles. The fourth-order valence-corrected chi connectivity index (χ4v) is 4.60. The molecular formula is C31H48. The molecule has 2 aromatic carbocycles. The maximum absolute atomic E-state index is 2.26. The molecule has 31 heavy (non-hydrogen) atoms. The summed E-state index contributed by atoms with van der Waals surface area (Å²) in [6.07, 6.45) is 26.9. The fourth-order valence-electron chi connectivity index (χ4n) is 4.60. The van der Waals surface area contributed by atoms with E-state index in [1.165, 1.54) is 133 Å². The van der Waals surface area contributed by atoms with E-state index in [9.17, 15) is 0 Å². The summed E-state index contributed by atoms with van der Waals surface area (Å²) in [4.78, 5) is 0. The highest BCUT2D eigenvalue weighted by Crippen LogP contribution is 2.15. The van der Waals surface area contributed by atoms with Gasteiger partial charge in [0.2, 0.25) is 0 Å². The van der Waals surface area contributed by atoms with Gasteiger partial charge in [-0.15, -0.1) is 0 Å². The highest BCUT2D eigenvalue weighted by Gasteiger charge is 1.96. The van der Waals surface area contributed by atoms with Crippen LogP contribution < -0.4 is 0 Å². The summed E-state index contributed by atoms with van der Waals surface area (Å²) in [6, 6.07) is 21.9. The molecule has 0 heterocycles. The number of unbranched alkanes of at least 4 members (excludes halogenated alkanes) is 16. The van der Waals surface area contributed by atoms with Crippen molar-refractivity contribution in [2.75, 3.05) is 0 Å². The van der Waals surface area contributed by atoms with Gasteiger partial charge in [-0.05, 0) is 36.8 Å². The third-order valence-electron chi connectivity index (χ3n) is 6.62. The normalized spacial score (nSPS) is 11.1. The Hall–Kier alpha value is -1.56. The van der Waals surface area contributed by atoms with Gasteiger partial charge in [-0.3, -0.25) is 0 Å². The van der Waals surface area contributed by atoms with Gasteiger partial charge >= 0.3 is 0 Å². The summed E-state index contributed by atoms with van der Waals surface area (Å²) >= 11 is 0. The topological polar surface area (TPSA) is 0 Å². The van der Waals surface area contributed by atoms with Crippen LogP contribution in [0, 0.1) is 0 Å². The number of hydrogen-bond acceptors (Lipinski definition) is 0. The lowest BCUT2D eigenvalue weighted by Gasteiger charge is -2.04. The van der Waals surface area contributed by atoms with E-state index in [1.807, 2.05) is 0 Å². The zero-order valence-electron chi connectivity index (χ0n) is 20.2. The predicted octanol–water partition coefficient (Wildman–Crippen LogP) is 10.1. The van der Waals surface area contributed by atoms with Gasteiger partial charge in [0.15, 0.2) is 0 Å². The number of hydrogen-bond donors (Lipinski definition) is 0. The van der Waals surface area contributed by atoms with Crippen molar-refractivity contribution in [1.29, 1.82) is 0 Å². The third-order valence-corrected chi connectivity index (χ3v) is 6.62. The second kappa shape index (κ2) is 19.1. The molecule has 0 atom stereocenters. The van der Waals surface area contributed by atoms with Crippen LogP contribution in [0.15, 0.2) is 60.7 Å². The Morgan fingerprint density at radius 3 is 0.742 bits per heavy atom. The molecule has 0 aliphatic rings. The minimum Gasteiger partial charge on any atom is -0.0622 e. The summed E-state index contributed by atoms with van der Waals surface area (Å²) in [5, 5.41) is 0. The minimum absolute atomic E-state index is 1.26. The molecule has 2 rings (SSSR count). The van der Waals surface area contributed by atoms with Crippen LogP contribution in [0.4, 0.5) is 0 Å². The molecule has 0 nitrogen and oxygen atoms in total. The second-order valence-electron chi connectivity index (χ2n) is 9.48. The Morgan fingerprint density at radius 2 is 0.484 bits per heavy atom. The average Bonchev–Trinajstić information content (AvgIpc) is 2.82. The van der Waals surface area contributed by atoms with Gasteiger partial charge < -0.3 is 0 Å². The van der Waals surface area contributed by atoms with Crippen molar-refractivity contribution < 1.29 is 0 Å². The van der Waals surface area contributed by atoms with Gasteiger partial charge in [-0.2, -0.15) is 0 Å². The average molecular weight is 421 g/mol. The van der Waals surface area contributed by atoms with Crippen LogP contribution >= 0.6 is 0 Å². The van der Waals surface area contributed by atoms with Crippen LogP contribution in [0.1, 0.15) is 120 Å². The quantitative estimate of drug-likeness (QED) is 0.187. The highest BCUT2D eigenvalue weighted by molar-refractivity contribution is 5.15. The maximum atomic E-state index is 2.26. The van der Waals surface area contributed by atoms with Crippen molar-refractivity contribution in [1.82, 2.24) is 0 Å². The molecule has 0 bridgehead atoms. The van der Waals surface area contributed by atoms with E-state index in [2.05, 4.69) is 60.7 Å². The highest BCUT2D eigenvalue weighted by atomic mass is 14.0. The Labute approximate surface area is 193 Å². The molecular weight excluding hydrogens is 372 g/mol. The number of aryl methyl sites for hydroxylation is 2. The first-order valence-electron chi connectivity index (χ1n) is 13.5. The molecule has 0 aromatic heterocycles. The Kier molecular flexibility index (Phi) is 15.9. The molecule has 0 amide bonds. The van der Waals surface area contributed by atoms with E-state index in [0.29, 0.717) is 0 Å². The van der Waals surface area contributed by atoms with Gasteiger partial charge in [0.25, 0.3) is 0 Å². The minimum atomic E-state index is 1.26. The zero-order valence-corrected chi connectivity index (χ0v) is 20.2. The van der Waals surface area contributed by atoms with Crippen molar-refractivity contribution in [2.45, 2.75) is 122 Å². The summed E-state index contributed by atoms with van der Waals surface area (Å²) < 4.78 is 0. The van der Waals surface area contributed by atoms with Crippen molar-refractivity contribution in [3.63, 3.8) is 0 Å². The fraction of sp³-hybridized carbons (Fsp3) is 0.613. The van der Waals surface area contributed by atoms with Gasteiger partial charge in [-0.25, -0.2) is 0 Å². The first-order valence-corrected chi connectivity index (χ1v) is 13.5. The van der Waals surface area contributed by atoms with Gasteiger partial charge in [0.1, 0.15) is 0 Å². The molecule has 0 radical (unpaired) electrons. The van der Waals surface area contributed by atoms with Crippen LogP contribution in [-0.4, -0.2) is 0 Å².